The Morgan fingerprint density at radius 3 is 2.75 bits per heavy atom. The van der Waals surface area contributed by atoms with Gasteiger partial charge in [-0.3, -0.25) is 9.59 Å². The fraction of sp³-hybridized carbons (Fsp3) is 0.467. The number of methoxy groups -OCH3 is 1. The summed E-state index contributed by atoms with van der Waals surface area (Å²) in [6, 6.07) is 7.47. The normalized spacial score (nSPS) is 21.6. The molecule has 1 amide bonds. The van der Waals surface area contributed by atoms with Crippen molar-refractivity contribution in [1.29, 1.82) is 0 Å². The lowest BCUT2D eigenvalue weighted by Crippen LogP contribution is -2.21. The Kier molecular flexibility index (Phi) is 4.74. The van der Waals surface area contributed by atoms with Crippen LogP contribution in [0.3, 0.4) is 0 Å². The summed E-state index contributed by atoms with van der Waals surface area (Å²) in [5, 5.41) is 11.8. The molecule has 0 radical (unpaired) electrons. The van der Waals surface area contributed by atoms with Gasteiger partial charge in [-0.1, -0.05) is 12.1 Å². The van der Waals surface area contributed by atoms with Gasteiger partial charge in [0.1, 0.15) is 0 Å². The van der Waals surface area contributed by atoms with Crippen molar-refractivity contribution in [3.63, 3.8) is 0 Å². The van der Waals surface area contributed by atoms with Gasteiger partial charge in [0.15, 0.2) is 0 Å². The van der Waals surface area contributed by atoms with Crippen LogP contribution in [0.15, 0.2) is 24.3 Å². The highest BCUT2D eigenvalue weighted by Crippen LogP contribution is 2.31. The van der Waals surface area contributed by atoms with Gasteiger partial charge in [0.05, 0.1) is 12.5 Å². The average molecular weight is 277 g/mol. The van der Waals surface area contributed by atoms with E-state index in [1.807, 2.05) is 24.3 Å². The Hall–Kier alpha value is -1.88. The Morgan fingerprint density at radius 2 is 2.10 bits per heavy atom. The summed E-state index contributed by atoms with van der Waals surface area (Å²) in [6.07, 6.45) is 1.65. The van der Waals surface area contributed by atoms with Gasteiger partial charge in [-0.25, -0.2) is 0 Å². The third-order valence-electron chi connectivity index (χ3n) is 3.66. The van der Waals surface area contributed by atoms with Crippen LogP contribution in [-0.2, 0) is 20.9 Å². The molecule has 0 heterocycles. The summed E-state index contributed by atoms with van der Waals surface area (Å²) >= 11 is 0. The molecule has 0 bridgehead atoms. The number of carboxylic acids is 1. The van der Waals surface area contributed by atoms with Crippen molar-refractivity contribution in [2.45, 2.75) is 25.9 Å². The van der Waals surface area contributed by atoms with Gasteiger partial charge in [-0.05, 0) is 37.0 Å². The zero-order valence-electron chi connectivity index (χ0n) is 11.5. The highest BCUT2D eigenvalue weighted by molar-refractivity contribution is 5.93. The average Bonchev–Trinajstić information content (AvgIpc) is 2.89. The van der Waals surface area contributed by atoms with Gasteiger partial charge < -0.3 is 15.2 Å². The highest BCUT2D eigenvalue weighted by atomic mass is 16.5. The van der Waals surface area contributed by atoms with Crippen molar-refractivity contribution in [2.24, 2.45) is 11.8 Å². The zero-order chi connectivity index (χ0) is 14.5. The second-order valence-electron chi connectivity index (χ2n) is 5.17. The van der Waals surface area contributed by atoms with E-state index in [4.69, 9.17) is 9.84 Å². The van der Waals surface area contributed by atoms with Gasteiger partial charge >= 0.3 is 5.97 Å². The van der Waals surface area contributed by atoms with Crippen molar-refractivity contribution in [3.05, 3.63) is 29.8 Å². The number of hydrogen-bond acceptors (Lipinski definition) is 3. The molecule has 2 N–H and O–H groups in total. The number of carbonyl (C=O) groups is 2. The van der Waals surface area contributed by atoms with E-state index >= 15 is 0 Å². The lowest BCUT2D eigenvalue weighted by atomic mass is 10.0. The van der Waals surface area contributed by atoms with E-state index in [0.29, 0.717) is 25.9 Å². The minimum absolute atomic E-state index is 0.0942. The molecule has 2 rings (SSSR count). The lowest BCUT2D eigenvalue weighted by molar-refractivity contribution is -0.141. The molecule has 0 aliphatic heterocycles. The Morgan fingerprint density at radius 1 is 1.35 bits per heavy atom. The number of nitrogens with one attached hydrogen (secondary N) is 1. The fourth-order valence-corrected chi connectivity index (χ4v) is 2.59. The summed E-state index contributed by atoms with van der Waals surface area (Å²) in [5.41, 5.74) is 1.71. The summed E-state index contributed by atoms with van der Waals surface area (Å²) in [7, 11) is 1.62. The third-order valence-corrected chi connectivity index (χ3v) is 3.66. The molecule has 2 unspecified atom stereocenters. The Bertz CT molecular complexity index is 500. The first-order valence-electron chi connectivity index (χ1n) is 6.71. The van der Waals surface area contributed by atoms with Gasteiger partial charge in [-0.2, -0.15) is 0 Å². The lowest BCUT2D eigenvalue weighted by Gasteiger charge is -2.11. The number of ether oxygens (including phenoxy) is 1. The highest BCUT2D eigenvalue weighted by Gasteiger charge is 2.33. The second kappa shape index (κ2) is 6.52. The van der Waals surface area contributed by atoms with Crippen molar-refractivity contribution < 1.29 is 19.4 Å². The molecule has 1 aliphatic carbocycles. The zero-order valence-corrected chi connectivity index (χ0v) is 11.5. The molecule has 1 saturated carbocycles. The molecule has 0 spiro atoms. The standard InChI is InChI=1S/C15H19NO4/c1-20-9-10-3-2-4-13(7-10)16-14(17)11-5-6-12(8-11)15(18)19/h2-4,7,11-12H,5-6,8-9H2,1H3,(H,16,17)(H,18,19). The smallest absolute Gasteiger partial charge is 0.306 e. The van der Waals surface area contributed by atoms with E-state index < -0.39 is 5.97 Å². The minimum atomic E-state index is -0.803. The summed E-state index contributed by atoms with van der Waals surface area (Å²) < 4.78 is 5.05. The van der Waals surface area contributed by atoms with Crippen LogP contribution in [0.4, 0.5) is 5.69 Å². The molecule has 108 valence electrons. The monoisotopic (exact) mass is 277 g/mol. The molecular formula is C15H19NO4. The number of aliphatic carboxylic acids is 1. The van der Waals surface area contributed by atoms with Gasteiger partial charge in [0, 0.05) is 18.7 Å². The van der Waals surface area contributed by atoms with E-state index in [1.54, 1.807) is 7.11 Å². The third kappa shape index (κ3) is 3.57. The molecule has 5 heteroatoms. The topological polar surface area (TPSA) is 75.6 Å². The first-order chi connectivity index (χ1) is 9.60. The first kappa shape index (κ1) is 14.5. The van der Waals surface area contributed by atoms with Gasteiger partial charge in [0.2, 0.25) is 5.91 Å². The number of hydrogen-bond donors (Lipinski definition) is 2. The van der Waals surface area contributed by atoms with Crippen molar-refractivity contribution in [1.82, 2.24) is 0 Å². The maximum absolute atomic E-state index is 12.1. The molecule has 1 aromatic carbocycles. The van der Waals surface area contributed by atoms with E-state index in [9.17, 15) is 9.59 Å². The van der Waals surface area contributed by atoms with Crippen LogP contribution in [0.1, 0.15) is 24.8 Å². The quantitative estimate of drug-likeness (QED) is 0.865. The number of carbonyl (C=O) groups excluding carboxylic acids is 1. The number of carboxylic acid groups (broad SMARTS) is 1. The van der Waals surface area contributed by atoms with E-state index in [-0.39, 0.29) is 17.7 Å². The van der Waals surface area contributed by atoms with Crippen LogP contribution < -0.4 is 5.32 Å². The van der Waals surface area contributed by atoms with Crippen LogP contribution in [0.2, 0.25) is 0 Å². The fourth-order valence-electron chi connectivity index (χ4n) is 2.59. The summed E-state index contributed by atoms with van der Waals surface area (Å²) in [4.78, 5) is 23.0. The number of benzene rings is 1. The number of amides is 1. The van der Waals surface area contributed by atoms with E-state index in [1.165, 1.54) is 0 Å². The van der Waals surface area contributed by atoms with Crippen LogP contribution >= 0.6 is 0 Å². The number of rotatable bonds is 5. The summed E-state index contributed by atoms with van der Waals surface area (Å²) in [5.74, 6) is -1.49. The largest absolute Gasteiger partial charge is 0.481 e. The molecule has 1 fully saturated rings. The number of anilines is 1. The maximum atomic E-state index is 12.1. The molecule has 1 aromatic rings. The Labute approximate surface area is 117 Å². The first-order valence-corrected chi connectivity index (χ1v) is 6.71. The molecule has 2 atom stereocenters. The molecule has 1 aliphatic rings. The molecule has 0 saturated heterocycles. The van der Waals surface area contributed by atoms with Crippen molar-refractivity contribution >= 4 is 17.6 Å². The SMILES string of the molecule is COCc1cccc(NC(=O)C2CCC(C(=O)O)C2)c1. The van der Waals surface area contributed by atoms with Crippen molar-refractivity contribution in [3.8, 4) is 0 Å². The van der Waals surface area contributed by atoms with E-state index in [0.717, 1.165) is 11.3 Å². The maximum Gasteiger partial charge on any atom is 0.306 e. The van der Waals surface area contributed by atoms with Crippen LogP contribution in [0.25, 0.3) is 0 Å². The van der Waals surface area contributed by atoms with Crippen LogP contribution in [0.5, 0.6) is 0 Å². The predicted molar refractivity (Wildman–Crippen MR) is 74.3 cm³/mol. The molecular weight excluding hydrogens is 258 g/mol. The summed E-state index contributed by atoms with van der Waals surface area (Å²) in [6.45, 7) is 0.494. The second-order valence-corrected chi connectivity index (χ2v) is 5.17. The van der Waals surface area contributed by atoms with Crippen molar-refractivity contribution in [2.75, 3.05) is 12.4 Å². The Balaban J connectivity index is 1.95. The van der Waals surface area contributed by atoms with Crippen LogP contribution in [0, 0.1) is 11.8 Å². The van der Waals surface area contributed by atoms with Gasteiger partial charge in [0.25, 0.3) is 0 Å². The molecule has 20 heavy (non-hydrogen) atoms. The molecule has 0 aromatic heterocycles. The van der Waals surface area contributed by atoms with Crippen LogP contribution in [-0.4, -0.2) is 24.1 Å². The predicted octanol–water partition coefficient (Wildman–Crippen LogP) is 2.27. The van der Waals surface area contributed by atoms with Gasteiger partial charge in [-0.15, -0.1) is 0 Å². The minimum Gasteiger partial charge on any atom is -0.481 e. The molecule has 5 nitrogen and oxygen atoms in total. The van der Waals surface area contributed by atoms with E-state index in [2.05, 4.69) is 5.32 Å².